The zero-order valence-electron chi connectivity index (χ0n) is 8.13. The molecule has 0 saturated heterocycles. The van der Waals surface area contributed by atoms with E-state index in [1.165, 1.54) is 5.56 Å². The average molecular weight is 184 g/mol. The lowest BCUT2D eigenvalue weighted by atomic mass is 10.1. The van der Waals surface area contributed by atoms with Crippen molar-refractivity contribution < 1.29 is 4.57 Å². The summed E-state index contributed by atoms with van der Waals surface area (Å²) < 4.78 is 2.20. The zero-order chi connectivity index (χ0) is 9.64. The molecule has 0 aliphatic heterocycles. The van der Waals surface area contributed by atoms with E-state index in [0.29, 0.717) is 0 Å². The highest BCUT2D eigenvalue weighted by Crippen LogP contribution is 1.98. The van der Waals surface area contributed by atoms with Gasteiger partial charge in [0.2, 0.25) is 0 Å². The number of pyridine rings is 1. The minimum absolute atomic E-state index is 1.05. The van der Waals surface area contributed by atoms with Crippen molar-refractivity contribution in [1.82, 2.24) is 0 Å². The summed E-state index contributed by atoms with van der Waals surface area (Å²) in [4.78, 5) is 0. The van der Waals surface area contributed by atoms with Gasteiger partial charge in [-0.25, -0.2) is 4.57 Å². The van der Waals surface area contributed by atoms with Gasteiger partial charge in [-0.05, 0) is 5.56 Å². The Bertz CT molecular complexity index is 327. The molecular weight excluding hydrogens is 170 g/mol. The Kier molecular flexibility index (Phi) is 2.92. The number of aromatic nitrogens is 1. The molecule has 70 valence electrons. The molecule has 2 rings (SSSR count). The fourth-order valence-electron chi connectivity index (χ4n) is 1.49. The molecule has 0 N–H and O–H groups in total. The van der Waals surface area contributed by atoms with Crippen molar-refractivity contribution in [3.05, 3.63) is 66.5 Å². The molecule has 0 atom stereocenters. The van der Waals surface area contributed by atoms with Gasteiger partial charge in [-0.1, -0.05) is 36.4 Å². The topological polar surface area (TPSA) is 3.88 Å². The van der Waals surface area contributed by atoms with Crippen molar-refractivity contribution in [1.29, 1.82) is 0 Å². The summed E-state index contributed by atoms with van der Waals surface area (Å²) >= 11 is 0. The maximum absolute atomic E-state index is 2.20. The van der Waals surface area contributed by atoms with Gasteiger partial charge in [0.05, 0.1) is 0 Å². The molecule has 14 heavy (non-hydrogen) atoms. The standard InChI is InChI=1S/C13H14N/c1-3-7-13(8-4-1)9-12-14-10-5-2-6-11-14/h1-8,10-11H,9,12H2/q+1. The van der Waals surface area contributed by atoms with E-state index in [4.69, 9.17) is 0 Å². The monoisotopic (exact) mass is 184 g/mol. The van der Waals surface area contributed by atoms with Crippen LogP contribution in [0.25, 0.3) is 0 Å². The molecule has 0 aliphatic carbocycles. The van der Waals surface area contributed by atoms with Crippen LogP contribution in [0.5, 0.6) is 0 Å². The fraction of sp³-hybridized carbons (Fsp3) is 0.154. The van der Waals surface area contributed by atoms with Gasteiger partial charge in [0.15, 0.2) is 18.9 Å². The van der Waals surface area contributed by atoms with Crippen LogP contribution in [0.15, 0.2) is 60.9 Å². The van der Waals surface area contributed by atoms with E-state index in [2.05, 4.69) is 59.4 Å². The van der Waals surface area contributed by atoms with Crippen LogP contribution >= 0.6 is 0 Å². The minimum atomic E-state index is 1.05. The fourth-order valence-corrected chi connectivity index (χ4v) is 1.49. The van der Waals surface area contributed by atoms with Gasteiger partial charge in [0.25, 0.3) is 0 Å². The molecule has 0 bridgehead atoms. The number of rotatable bonds is 3. The first-order chi connectivity index (χ1) is 6.95. The Balaban J connectivity index is 1.96. The summed E-state index contributed by atoms with van der Waals surface area (Å²) in [6, 6.07) is 16.7. The molecular formula is C13H14N+. The summed E-state index contributed by atoms with van der Waals surface area (Å²) in [6.07, 6.45) is 5.29. The molecule has 0 spiro atoms. The second-order valence-electron chi connectivity index (χ2n) is 3.35. The maximum Gasteiger partial charge on any atom is 0.168 e. The van der Waals surface area contributed by atoms with E-state index in [9.17, 15) is 0 Å². The van der Waals surface area contributed by atoms with Crippen LogP contribution in [0.4, 0.5) is 0 Å². The van der Waals surface area contributed by atoms with Gasteiger partial charge in [-0.2, -0.15) is 0 Å². The minimum Gasteiger partial charge on any atom is -0.205 e. The summed E-state index contributed by atoms with van der Waals surface area (Å²) in [5, 5.41) is 0. The second-order valence-corrected chi connectivity index (χ2v) is 3.35. The third kappa shape index (κ3) is 2.43. The van der Waals surface area contributed by atoms with Crippen LogP contribution in [0.2, 0.25) is 0 Å². The van der Waals surface area contributed by atoms with E-state index < -0.39 is 0 Å². The van der Waals surface area contributed by atoms with E-state index in [1.54, 1.807) is 0 Å². The quantitative estimate of drug-likeness (QED) is 0.644. The normalized spacial score (nSPS) is 10.0. The van der Waals surface area contributed by atoms with Crippen LogP contribution in [0.3, 0.4) is 0 Å². The smallest absolute Gasteiger partial charge is 0.168 e. The Labute approximate surface area is 84.6 Å². The lowest BCUT2D eigenvalue weighted by Crippen LogP contribution is -2.33. The molecule has 0 radical (unpaired) electrons. The molecule has 0 fully saturated rings. The predicted molar refractivity (Wildman–Crippen MR) is 56.8 cm³/mol. The number of hydrogen-bond acceptors (Lipinski definition) is 0. The summed E-state index contributed by atoms with van der Waals surface area (Å²) in [6.45, 7) is 1.05. The van der Waals surface area contributed by atoms with Crippen LogP contribution in [0.1, 0.15) is 5.56 Å². The van der Waals surface area contributed by atoms with Gasteiger partial charge >= 0.3 is 0 Å². The number of hydrogen-bond donors (Lipinski definition) is 0. The van der Waals surface area contributed by atoms with E-state index >= 15 is 0 Å². The van der Waals surface area contributed by atoms with Gasteiger partial charge < -0.3 is 0 Å². The van der Waals surface area contributed by atoms with Crippen molar-refractivity contribution >= 4 is 0 Å². The average Bonchev–Trinajstić information content (AvgIpc) is 2.29. The molecule has 1 nitrogen and oxygen atoms in total. The first kappa shape index (κ1) is 8.95. The molecule has 0 unspecified atom stereocenters. The first-order valence-electron chi connectivity index (χ1n) is 4.93. The van der Waals surface area contributed by atoms with Crippen molar-refractivity contribution in [2.45, 2.75) is 13.0 Å². The van der Waals surface area contributed by atoms with Gasteiger partial charge in [-0.15, -0.1) is 0 Å². The van der Waals surface area contributed by atoms with Crippen molar-refractivity contribution in [2.75, 3.05) is 0 Å². The largest absolute Gasteiger partial charge is 0.205 e. The lowest BCUT2D eigenvalue weighted by molar-refractivity contribution is -0.696. The van der Waals surface area contributed by atoms with Crippen LogP contribution in [-0.4, -0.2) is 0 Å². The molecule has 0 saturated carbocycles. The Morgan fingerprint density at radius 1 is 0.786 bits per heavy atom. The number of aryl methyl sites for hydroxylation is 2. The Morgan fingerprint density at radius 3 is 2.14 bits per heavy atom. The molecule has 0 aliphatic rings. The third-order valence-electron chi connectivity index (χ3n) is 2.28. The maximum atomic E-state index is 2.20. The summed E-state index contributed by atoms with van der Waals surface area (Å²) in [5.41, 5.74) is 1.39. The van der Waals surface area contributed by atoms with E-state index in [-0.39, 0.29) is 0 Å². The van der Waals surface area contributed by atoms with Gasteiger partial charge in [0.1, 0.15) is 0 Å². The zero-order valence-corrected chi connectivity index (χ0v) is 8.13. The second kappa shape index (κ2) is 4.56. The Hall–Kier alpha value is -1.63. The van der Waals surface area contributed by atoms with E-state index in [1.807, 2.05) is 6.07 Å². The van der Waals surface area contributed by atoms with Crippen molar-refractivity contribution in [3.63, 3.8) is 0 Å². The molecule has 1 heterocycles. The summed E-state index contributed by atoms with van der Waals surface area (Å²) in [7, 11) is 0. The third-order valence-corrected chi connectivity index (χ3v) is 2.28. The van der Waals surface area contributed by atoms with Crippen LogP contribution in [-0.2, 0) is 13.0 Å². The Morgan fingerprint density at radius 2 is 1.43 bits per heavy atom. The van der Waals surface area contributed by atoms with Crippen LogP contribution in [0, 0.1) is 0 Å². The van der Waals surface area contributed by atoms with Crippen molar-refractivity contribution in [3.8, 4) is 0 Å². The SMILES string of the molecule is c1ccc(CC[n+]2ccccc2)cc1. The first-order valence-corrected chi connectivity index (χ1v) is 4.93. The highest BCUT2D eigenvalue weighted by molar-refractivity contribution is 5.14. The van der Waals surface area contributed by atoms with Gasteiger partial charge in [0, 0.05) is 18.6 Å². The molecule has 0 amide bonds. The van der Waals surface area contributed by atoms with Crippen molar-refractivity contribution in [2.24, 2.45) is 0 Å². The summed E-state index contributed by atoms with van der Waals surface area (Å²) in [5.74, 6) is 0. The molecule has 2 aromatic rings. The van der Waals surface area contributed by atoms with Gasteiger partial charge in [-0.3, -0.25) is 0 Å². The molecule has 1 aromatic heterocycles. The predicted octanol–water partition coefficient (Wildman–Crippen LogP) is 2.22. The highest BCUT2D eigenvalue weighted by Gasteiger charge is 1.98. The van der Waals surface area contributed by atoms with Crippen LogP contribution < -0.4 is 4.57 Å². The number of nitrogens with zero attached hydrogens (tertiary/aromatic N) is 1. The molecule has 1 heteroatoms. The van der Waals surface area contributed by atoms with E-state index in [0.717, 1.165) is 13.0 Å². The molecule has 1 aromatic carbocycles. The lowest BCUT2D eigenvalue weighted by Gasteiger charge is -1.97. The number of benzene rings is 1. The highest BCUT2D eigenvalue weighted by atomic mass is 14.9.